The molecule has 164 valence electrons. The number of piperazine rings is 1. The van der Waals surface area contributed by atoms with E-state index in [4.69, 9.17) is 11.6 Å². The Hall–Kier alpha value is -3.16. The number of thiazole rings is 1. The minimum absolute atomic E-state index is 0.0400. The Kier molecular flexibility index (Phi) is 6.87. The number of aromatic nitrogens is 1. The highest BCUT2D eigenvalue weighted by molar-refractivity contribution is 7.14. The van der Waals surface area contributed by atoms with Crippen LogP contribution < -0.4 is 9.80 Å². The van der Waals surface area contributed by atoms with Crippen LogP contribution in [0.25, 0.3) is 6.08 Å². The molecule has 1 fully saturated rings. The van der Waals surface area contributed by atoms with Crippen LogP contribution in [0.1, 0.15) is 12.6 Å². The number of benzene rings is 2. The topological polar surface area (TPSA) is 56.8 Å². The quantitative estimate of drug-likeness (QED) is 0.505. The number of anilines is 3. The molecule has 2 aromatic carbocycles. The van der Waals surface area contributed by atoms with Crippen LogP contribution in [0.3, 0.4) is 0 Å². The molecule has 3 aromatic rings. The molecule has 1 aromatic heterocycles. The summed E-state index contributed by atoms with van der Waals surface area (Å²) in [6.45, 7) is 4.36. The molecule has 1 aliphatic heterocycles. The molecule has 0 N–H and O–H groups in total. The standard InChI is InChI=1S/C24H23ClN4O2S/c1-18(30)29(22-5-3-2-4-6-22)24-26-20(17-32-24)9-12-23(31)28-15-13-27(14-16-28)21-10-7-19(25)8-11-21/h2-12,17H,13-16H2,1H3. The lowest BCUT2D eigenvalue weighted by atomic mass is 10.2. The van der Waals surface area contributed by atoms with Crippen LogP contribution in [-0.4, -0.2) is 47.9 Å². The smallest absolute Gasteiger partial charge is 0.246 e. The van der Waals surface area contributed by atoms with E-state index < -0.39 is 0 Å². The van der Waals surface area contributed by atoms with Crippen molar-refractivity contribution < 1.29 is 9.59 Å². The van der Waals surface area contributed by atoms with E-state index in [2.05, 4.69) is 9.88 Å². The molecular formula is C24H23ClN4O2S. The summed E-state index contributed by atoms with van der Waals surface area (Å²) in [4.78, 5) is 35.0. The number of hydrogen-bond donors (Lipinski definition) is 0. The van der Waals surface area contributed by atoms with Crippen LogP contribution in [0.5, 0.6) is 0 Å². The maximum atomic E-state index is 12.6. The van der Waals surface area contributed by atoms with Crippen molar-refractivity contribution in [1.29, 1.82) is 0 Å². The molecule has 0 bridgehead atoms. The first-order chi connectivity index (χ1) is 15.5. The largest absolute Gasteiger partial charge is 0.368 e. The van der Waals surface area contributed by atoms with Crippen molar-refractivity contribution in [3.63, 3.8) is 0 Å². The zero-order valence-electron chi connectivity index (χ0n) is 17.6. The third-order valence-corrected chi connectivity index (χ3v) is 6.31. The van der Waals surface area contributed by atoms with Crippen LogP contribution in [-0.2, 0) is 9.59 Å². The van der Waals surface area contributed by atoms with Gasteiger partial charge in [0.05, 0.1) is 11.4 Å². The normalized spacial score (nSPS) is 14.1. The Morgan fingerprint density at radius 1 is 1.03 bits per heavy atom. The average Bonchev–Trinajstić information content (AvgIpc) is 3.27. The average molecular weight is 467 g/mol. The summed E-state index contributed by atoms with van der Waals surface area (Å²) in [6, 6.07) is 17.2. The first-order valence-corrected chi connectivity index (χ1v) is 11.6. The molecule has 6 nitrogen and oxygen atoms in total. The third-order valence-electron chi connectivity index (χ3n) is 5.21. The number of para-hydroxylation sites is 1. The highest BCUT2D eigenvalue weighted by atomic mass is 35.5. The summed E-state index contributed by atoms with van der Waals surface area (Å²) < 4.78 is 0. The molecule has 1 aliphatic rings. The maximum absolute atomic E-state index is 12.6. The van der Waals surface area contributed by atoms with Crippen LogP contribution in [0.2, 0.25) is 5.02 Å². The van der Waals surface area contributed by atoms with Crippen LogP contribution in [0.15, 0.2) is 66.1 Å². The van der Waals surface area contributed by atoms with Crippen molar-refractivity contribution in [2.24, 2.45) is 0 Å². The zero-order chi connectivity index (χ0) is 22.5. The number of halogens is 1. The van der Waals surface area contributed by atoms with Crippen LogP contribution >= 0.6 is 22.9 Å². The van der Waals surface area contributed by atoms with Crippen molar-refractivity contribution in [2.75, 3.05) is 36.0 Å². The van der Waals surface area contributed by atoms with E-state index in [9.17, 15) is 9.59 Å². The van der Waals surface area contributed by atoms with E-state index in [0.717, 1.165) is 24.5 Å². The van der Waals surface area contributed by atoms with Gasteiger partial charge in [-0.25, -0.2) is 4.98 Å². The molecule has 32 heavy (non-hydrogen) atoms. The Morgan fingerprint density at radius 2 is 1.72 bits per heavy atom. The molecule has 0 saturated carbocycles. The van der Waals surface area contributed by atoms with E-state index in [1.807, 2.05) is 64.9 Å². The van der Waals surface area contributed by atoms with Gasteiger partial charge < -0.3 is 9.80 Å². The van der Waals surface area contributed by atoms with Gasteiger partial charge in [0.15, 0.2) is 5.13 Å². The van der Waals surface area contributed by atoms with Gasteiger partial charge in [-0.15, -0.1) is 11.3 Å². The monoisotopic (exact) mass is 466 g/mol. The van der Waals surface area contributed by atoms with Gasteiger partial charge in [0.25, 0.3) is 0 Å². The number of nitrogens with zero attached hydrogens (tertiary/aromatic N) is 4. The SMILES string of the molecule is CC(=O)N(c1ccccc1)c1nc(C=CC(=O)N2CCN(c3ccc(Cl)cc3)CC2)cs1. The second kappa shape index (κ2) is 9.97. The van der Waals surface area contributed by atoms with Crippen LogP contribution in [0, 0.1) is 0 Å². The van der Waals surface area contributed by atoms with E-state index in [1.54, 1.807) is 17.1 Å². The predicted molar refractivity (Wildman–Crippen MR) is 131 cm³/mol. The fourth-order valence-electron chi connectivity index (χ4n) is 3.56. The highest BCUT2D eigenvalue weighted by Crippen LogP contribution is 2.29. The summed E-state index contributed by atoms with van der Waals surface area (Å²) in [7, 11) is 0. The Morgan fingerprint density at radius 3 is 2.38 bits per heavy atom. The van der Waals surface area contributed by atoms with Gasteiger partial charge in [0.2, 0.25) is 11.8 Å². The van der Waals surface area contributed by atoms with E-state index >= 15 is 0 Å². The van der Waals surface area contributed by atoms with Gasteiger partial charge in [0.1, 0.15) is 0 Å². The first kappa shape index (κ1) is 22.0. The van der Waals surface area contributed by atoms with E-state index in [1.165, 1.54) is 18.3 Å². The minimum Gasteiger partial charge on any atom is -0.368 e. The van der Waals surface area contributed by atoms with Crippen molar-refractivity contribution in [1.82, 2.24) is 9.88 Å². The predicted octanol–water partition coefficient (Wildman–Crippen LogP) is 4.84. The van der Waals surface area contributed by atoms with Gasteiger partial charge >= 0.3 is 0 Å². The lowest BCUT2D eigenvalue weighted by molar-refractivity contribution is -0.126. The van der Waals surface area contributed by atoms with Gasteiger partial charge in [-0.2, -0.15) is 0 Å². The lowest BCUT2D eigenvalue weighted by Crippen LogP contribution is -2.48. The third kappa shape index (κ3) is 5.18. The summed E-state index contributed by atoms with van der Waals surface area (Å²) in [5, 5.41) is 3.14. The Bertz CT molecular complexity index is 1110. The first-order valence-electron chi connectivity index (χ1n) is 10.3. The summed E-state index contributed by atoms with van der Waals surface area (Å²) in [5.74, 6) is -0.155. The van der Waals surface area contributed by atoms with Gasteiger partial charge in [-0.05, 0) is 42.5 Å². The Balaban J connectivity index is 1.37. The number of rotatable bonds is 5. The second-order valence-electron chi connectivity index (χ2n) is 7.37. The summed E-state index contributed by atoms with van der Waals surface area (Å²) >= 11 is 7.33. The molecular weight excluding hydrogens is 444 g/mol. The molecule has 0 atom stereocenters. The molecule has 8 heteroatoms. The molecule has 2 heterocycles. The molecule has 0 spiro atoms. The van der Waals surface area contributed by atoms with Gasteiger partial charge in [0, 0.05) is 55.3 Å². The fraction of sp³-hybridized carbons (Fsp3) is 0.208. The fourth-order valence-corrected chi connectivity index (χ4v) is 4.54. The van der Waals surface area contributed by atoms with E-state index in [-0.39, 0.29) is 11.8 Å². The molecule has 4 rings (SSSR count). The van der Waals surface area contributed by atoms with Crippen molar-refractivity contribution in [3.8, 4) is 0 Å². The maximum Gasteiger partial charge on any atom is 0.246 e. The van der Waals surface area contributed by atoms with Crippen LogP contribution in [0.4, 0.5) is 16.5 Å². The van der Waals surface area contributed by atoms with Crippen molar-refractivity contribution in [2.45, 2.75) is 6.92 Å². The lowest BCUT2D eigenvalue weighted by Gasteiger charge is -2.35. The number of hydrogen-bond acceptors (Lipinski definition) is 5. The summed E-state index contributed by atoms with van der Waals surface area (Å²) in [5.41, 5.74) is 2.53. The zero-order valence-corrected chi connectivity index (χ0v) is 19.2. The molecule has 0 aliphatic carbocycles. The number of carbonyl (C=O) groups excluding carboxylic acids is 2. The minimum atomic E-state index is -0.115. The summed E-state index contributed by atoms with van der Waals surface area (Å²) in [6.07, 6.45) is 3.26. The Labute approximate surface area is 196 Å². The van der Waals surface area contributed by atoms with Crippen molar-refractivity contribution >= 4 is 57.3 Å². The molecule has 0 unspecified atom stereocenters. The van der Waals surface area contributed by atoms with Gasteiger partial charge in [-0.1, -0.05) is 29.8 Å². The van der Waals surface area contributed by atoms with Crippen molar-refractivity contribution in [3.05, 3.63) is 76.8 Å². The van der Waals surface area contributed by atoms with Gasteiger partial charge in [-0.3, -0.25) is 14.5 Å². The van der Waals surface area contributed by atoms with E-state index in [0.29, 0.717) is 28.9 Å². The molecule has 1 saturated heterocycles. The number of carbonyl (C=O) groups is 2. The second-order valence-corrected chi connectivity index (χ2v) is 8.64. The molecule has 2 amide bonds. The molecule has 0 radical (unpaired) electrons. The number of amides is 2. The highest BCUT2D eigenvalue weighted by Gasteiger charge is 2.20.